The van der Waals surface area contributed by atoms with Crippen LogP contribution in [-0.4, -0.2) is 43.9 Å². The highest BCUT2D eigenvalue weighted by molar-refractivity contribution is 7.13. The summed E-state index contributed by atoms with van der Waals surface area (Å²) in [7, 11) is 0. The van der Waals surface area contributed by atoms with Gasteiger partial charge in [-0.05, 0) is 12.8 Å². The Morgan fingerprint density at radius 3 is 1.97 bits per heavy atom. The van der Waals surface area contributed by atoms with E-state index in [9.17, 15) is 30.7 Å². The highest BCUT2D eigenvalue weighted by Gasteiger charge is 2.49. The fraction of sp³-hybridized carbons (Fsp3) is 0.647. The smallest absolute Gasteiger partial charge is 0.368 e. The van der Waals surface area contributed by atoms with E-state index in [-0.39, 0.29) is 35.6 Å². The minimum Gasteiger partial charge on any atom is -0.368 e. The minimum atomic E-state index is -4.67. The summed E-state index contributed by atoms with van der Waals surface area (Å²) in [5.74, 6) is -6.77. The maximum atomic E-state index is 13.9. The average molecular weight is 470 g/mol. The topological polar surface area (TPSA) is 80.8 Å². The van der Waals surface area contributed by atoms with Crippen LogP contribution in [0.2, 0.25) is 0 Å². The molecule has 31 heavy (non-hydrogen) atoms. The fourth-order valence-electron chi connectivity index (χ4n) is 4.05. The lowest BCUT2D eigenvalue weighted by atomic mass is 10.1. The van der Waals surface area contributed by atoms with Crippen molar-refractivity contribution in [2.24, 2.45) is 0 Å². The summed E-state index contributed by atoms with van der Waals surface area (Å²) < 4.78 is 94.1. The first kappa shape index (κ1) is 22.0. The third-order valence-corrected chi connectivity index (χ3v) is 6.24. The van der Waals surface area contributed by atoms with E-state index >= 15 is 0 Å². The van der Waals surface area contributed by atoms with E-state index in [1.165, 1.54) is 4.90 Å². The number of hydrogen-bond donors (Lipinski definition) is 1. The molecule has 170 valence electrons. The number of thiazole rings is 1. The maximum Gasteiger partial charge on any atom is 0.434 e. The molecule has 0 aliphatic heterocycles. The van der Waals surface area contributed by atoms with Crippen LogP contribution in [0.15, 0.2) is 5.38 Å². The molecule has 0 spiro atoms. The third kappa shape index (κ3) is 4.67. The van der Waals surface area contributed by atoms with Crippen LogP contribution >= 0.6 is 11.3 Å². The monoisotopic (exact) mass is 470 g/mol. The van der Waals surface area contributed by atoms with Crippen LogP contribution in [0.4, 0.5) is 42.6 Å². The second-order valence-corrected chi connectivity index (χ2v) is 8.62. The highest BCUT2D eigenvalue weighted by atomic mass is 32.1. The summed E-state index contributed by atoms with van der Waals surface area (Å²) in [4.78, 5) is 16.6. The standard InChI is InChI=1S/C17H17F7N6S/c18-15(19)3-1-8(5-15)30(9-2-4-16(20,21)6-9)14-28-11(27-13(25)29-14)12-26-10(7-31-12)17(22,23)24/h7-9H,1-6H2,(H2,25,27,28,29). The van der Waals surface area contributed by atoms with Crippen molar-refractivity contribution in [2.45, 2.75) is 68.6 Å². The fourth-order valence-corrected chi connectivity index (χ4v) is 4.81. The number of hydrogen-bond acceptors (Lipinski definition) is 7. The highest BCUT2D eigenvalue weighted by Crippen LogP contribution is 2.44. The van der Waals surface area contributed by atoms with Gasteiger partial charge in [0, 0.05) is 43.1 Å². The molecule has 2 N–H and O–H groups in total. The Morgan fingerprint density at radius 1 is 0.935 bits per heavy atom. The zero-order valence-electron chi connectivity index (χ0n) is 15.8. The molecule has 0 radical (unpaired) electrons. The number of nitrogens with zero attached hydrogens (tertiary/aromatic N) is 5. The molecule has 2 aromatic heterocycles. The number of aromatic nitrogens is 4. The van der Waals surface area contributed by atoms with Gasteiger partial charge in [0.15, 0.2) is 16.5 Å². The van der Waals surface area contributed by atoms with Crippen LogP contribution in [0.3, 0.4) is 0 Å². The first-order valence-electron chi connectivity index (χ1n) is 9.42. The number of nitrogens with two attached hydrogens (primary N) is 1. The van der Waals surface area contributed by atoms with Gasteiger partial charge in [-0.25, -0.2) is 22.5 Å². The summed E-state index contributed by atoms with van der Waals surface area (Å²) in [5.41, 5.74) is 4.56. The number of anilines is 2. The molecule has 2 saturated carbocycles. The van der Waals surface area contributed by atoms with Gasteiger partial charge in [0.2, 0.25) is 23.7 Å². The van der Waals surface area contributed by atoms with Crippen LogP contribution in [-0.2, 0) is 6.18 Å². The second-order valence-electron chi connectivity index (χ2n) is 7.77. The Morgan fingerprint density at radius 2 is 1.52 bits per heavy atom. The number of halogens is 7. The Labute approximate surface area is 175 Å². The zero-order valence-corrected chi connectivity index (χ0v) is 16.7. The summed E-state index contributed by atoms with van der Waals surface area (Å²) in [6.07, 6.45) is -6.56. The molecular weight excluding hydrogens is 453 g/mol. The molecular formula is C17H17F7N6S. The van der Waals surface area contributed by atoms with Crippen molar-refractivity contribution in [3.63, 3.8) is 0 Å². The number of nitrogen functional groups attached to an aromatic ring is 1. The van der Waals surface area contributed by atoms with Crippen molar-refractivity contribution in [1.82, 2.24) is 19.9 Å². The van der Waals surface area contributed by atoms with E-state index in [2.05, 4.69) is 19.9 Å². The molecule has 2 aliphatic carbocycles. The van der Waals surface area contributed by atoms with Crippen LogP contribution in [0.25, 0.3) is 10.8 Å². The van der Waals surface area contributed by atoms with Crippen molar-refractivity contribution in [1.29, 1.82) is 0 Å². The van der Waals surface area contributed by atoms with Crippen LogP contribution in [0.5, 0.6) is 0 Å². The quantitative estimate of drug-likeness (QED) is 0.648. The van der Waals surface area contributed by atoms with E-state index in [1.807, 2.05) is 0 Å². The summed E-state index contributed by atoms with van der Waals surface area (Å²) >= 11 is 0.625. The number of alkyl halides is 7. The van der Waals surface area contributed by atoms with Gasteiger partial charge in [-0.15, -0.1) is 11.3 Å². The lowest BCUT2D eigenvalue weighted by Gasteiger charge is -2.34. The van der Waals surface area contributed by atoms with Gasteiger partial charge in [-0.2, -0.15) is 28.1 Å². The van der Waals surface area contributed by atoms with Crippen LogP contribution in [0.1, 0.15) is 44.2 Å². The first-order chi connectivity index (χ1) is 14.3. The van der Waals surface area contributed by atoms with Gasteiger partial charge in [0.25, 0.3) is 0 Å². The van der Waals surface area contributed by atoms with Gasteiger partial charge < -0.3 is 10.6 Å². The first-order valence-corrected chi connectivity index (χ1v) is 10.3. The molecule has 2 fully saturated rings. The van der Waals surface area contributed by atoms with Crippen LogP contribution in [0, 0.1) is 0 Å². The van der Waals surface area contributed by atoms with E-state index < -0.39 is 61.5 Å². The SMILES string of the molecule is Nc1nc(-c2nc(C(F)(F)F)cs2)nc(N(C2CCC(F)(F)C2)C2CCC(F)(F)C2)n1. The summed E-state index contributed by atoms with van der Waals surface area (Å²) in [6, 6.07) is -1.63. The molecule has 0 bridgehead atoms. The van der Waals surface area contributed by atoms with Crippen molar-refractivity contribution in [3.8, 4) is 10.8 Å². The third-order valence-electron chi connectivity index (χ3n) is 5.40. The van der Waals surface area contributed by atoms with Gasteiger partial charge >= 0.3 is 6.18 Å². The van der Waals surface area contributed by atoms with Gasteiger partial charge in [0.1, 0.15) is 0 Å². The minimum absolute atomic E-state index is 0.0332. The molecule has 4 rings (SSSR count). The molecule has 2 aliphatic rings. The lowest BCUT2D eigenvalue weighted by molar-refractivity contribution is -0.140. The molecule has 2 heterocycles. The molecule has 2 aromatic rings. The lowest BCUT2D eigenvalue weighted by Crippen LogP contribution is -2.43. The Hall–Kier alpha value is -2.25. The van der Waals surface area contributed by atoms with Crippen molar-refractivity contribution < 1.29 is 30.7 Å². The maximum absolute atomic E-state index is 13.9. The number of rotatable bonds is 4. The normalized spacial score (nSPS) is 25.1. The Balaban J connectivity index is 1.72. The molecule has 2 unspecified atom stereocenters. The summed E-state index contributed by atoms with van der Waals surface area (Å²) in [6.45, 7) is 0. The molecule has 0 aromatic carbocycles. The molecule has 2 atom stereocenters. The Bertz CT molecular complexity index is 937. The van der Waals surface area contributed by atoms with Crippen molar-refractivity contribution >= 4 is 23.2 Å². The molecule has 0 saturated heterocycles. The second kappa shape index (κ2) is 7.41. The molecule has 6 nitrogen and oxygen atoms in total. The largest absolute Gasteiger partial charge is 0.434 e. The van der Waals surface area contributed by atoms with Crippen molar-refractivity contribution in [3.05, 3.63) is 11.1 Å². The predicted molar refractivity (Wildman–Crippen MR) is 98.0 cm³/mol. The van der Waals surface area contributed by atoms with Gasteiger partial charge in [-0.1, -0.05) is 0 Å². The van der Waals surface area contributed by atoms with E-state index in [0.717, 1.165) is 5.38 Å². The molecule has 0 amide bonds. The van der Waals surface area contributed by atoms with Gasteiger partial charge in [-0.3, -0.25) is 0 Å². The van der Waals surface area contributed by atoms with Crippen LogP contribution < -0.4 is 10.6 Å². The predicted octanol–water partition coefficient (Wildman–Crippen LogP) is 4.78. The average Bonchev–Trinajstić information content (AvgIpc) is 3.33. The molecule has 14 heteroatoms. The van der Waals surface area contributed by atoms with Crippen molar-refractivity contribution in [2.75, 3.05) is 10.6 Å². The summed E-state index contributed by atoms with van der Waals surface area (Å²) in [5, 5.41) is 0.582. The zero-order chi connectivity index (χ0) is 22.6. The Kier molecular flexibility index (Phi) is 5.25. The van der Waals surface area contributed by atoms with E-state index in [0.29, 0.717) is 11.3 Å². The van der Waals surface area contributed by atoms with E-state index in [4.69, 9.17) is 5.73 Å². The van der Waals surface area contributed by atoms with Gasteiger partial charge in [0.05, 0.1) is 0 Å². The van der Waals surface area contributed by atoms with E-state index in [1.54, 1.807) is 0 Å².